The molecule has 8 heteroatoms. The number of aromatic amines is 1. The fourth-order valence-electron chi connectivity index (χ4n) is 4.97. The van der Waals surface area contributed by atoms with Gasteiger partial charge in [-0.1, -0.05) is 37.3 Å². The molecule has 160 valence electrons. The lowest BCUT2D eigenvalue weighted by Gasteiger charge is -2.47. The van der Waals surface area contributed by atoms with Crippen molar-refractivity contribution in [1.29, 1.82) is 0 Å². The van der Waals surface area contributed by atoms with E-state index in [2.05, 4.69) is 4.98 Å². The van der Waals surface area contributed by atoms with Crippen LogP contribution in [0.5, 0.6) is 0 Å². The van der Waals surface area contributed by atoms with Crippen molar-refractivity contribution in [2.45, 2.75) is 31.8 Å². The van der Waals surface area contributed by atoms with Crippen molar-refractivity contribution in [2.24, 2.45) is 0 Å². The van der Waals surface area contributed by atoms with Gasteiger partial charge in [0.15, 0.2) is 5.69 Å². The Hall–Kier alpha value is -3.20. The minimum atomic E-state index is -1.03. The number of nitrogens with one attached hydrogen (secondary N) is 2. The minimum Gasteiger partial charge on any atom is -0.595 e. The maximum Gasteiger partial charge on any atom is 0.246 e. The highest BCUT2D eigenvalue weighted by molar-refractivity contribution is 5.97. The molecule has 2 aromatic carbocycles. The summed E-state index contributed by atoms with van der Waals surface area (Å²) in [6.07, 6.45) is 1.23. The highest BCUT2D eigenvalue weighted by Crippen LogP contribution is 2.42. The first kappa shape index (κ1) is 19.7. The van der Waals surface area contributed by atoms with Crippen molar-refractivity contribution in [3.8, 4) is 0 Å². The smallest absolute Gasteiger partial charge is 0.246 e. The molecule has 2 amide bonds. The number of benzene rings is 2. The Morgan fingerprint density at radius 3 is 2.77 bits per heavy atom. The molecule has 3 heterocycles. The molecule has 0 spiro atoms. The number of nitrogens with zero attached hydrogens (tertiary/aromatic N) is 2. The van der Waals surface area contributed by atoms with Crippen LogP contribution < -0.4 is 5.23 Å². The predicted molar refractivity (Wildman–Crippen MR) is 114 cm³/mol. The molecular formula is C23H24N4O4. The number of carbonyl (C=O) groups excluding carboxylic acids is 2. The molecule has 0 bridgehead atoms. The molecule has 1 aromatic heterocycles. The van der Waals surface area contributed by atoms with Gasteiger partial charge in [-0.3, -0.25) is 9.59 Å². The number of para-hydroxylation sites is 1. The molecule has 0 aliphatic carbocycles. The molecule has 3 aromatic rings. The molecule has 31 heavy (non-hydrogen) atoms. The minimum absolute atomic E-state index is 0.0447. The summed E-state index contributed by atoms with van der Waals surface area (Å²) < 4.78 is 0. The normalized spacial score (nSPS) is 21.9. The van der Waals surface area contributed by atoms with Crippen LogP contribution in [0.1, 0.15) is 36.2 Å². The lowest BCUT2D eigenvalue weighted by molar-refractivity contribution is -0.991. The molecule has 3 atom stereocenters. The second-order valence-electron chi connectivity index (χ2n) is 8.18. The van der Waals surface area contributed by atoms with E-state index < -0.39 is 17.3 Å². The molecule has 8 nitrogen and oxygen atoms in total. The monoisotopic (exact) mass is 420 g/mol. The van der Waals surface area contributed by atoms with Crippen LogP contribution in [0.2, 0.25) is 0 Å². The number of piperazine rings is 1. The van der Waals surface area contributed by atoms with Crippen LogP contribution in [0.3, 0.4) is 0 Å². The highest BCUT2D eigenvalue weighted by Gasteiger charge is 2.48. The third kappa shape index (κ3) is 3.11. The van der Waals surface area contributed by atoms with Crippen LogP contribution in [-0.4, -0.2) is 50.9 Å². The van der Waals surface area contributed by atoms with Crippen LogP contribution in [0.4, 0.5) is 5.69 Å². The van der Waals surface area contributed by atoms with Gasteiger partial charge in [0.25, 0.3) is 0 Å². The number of aromatic nitrogens is 1. The number of hydrogen-bond acceptors (Lipinski definition) is 4. The highest BCUT2D eigenvalue weighted by atomic mass is 16.8. The second kappa shape index (κ2) is 7.49. The number of rotatable bonds is 4. The summed E-state index contributed by atoms with van der Waals surface area (Å²) in [5.41, 5.74) is 3.65. The van der Waals surface area contributed by atoms with Crippen LogP contribution in [0.15, 0.2) is 48.5 Å². The van der Waals surface area contributed by atoms with Gasteiger partial charge in [-0.05, 0) is 23.6 Å². The number of amides is 2. The van der Waals surface area contributed by atoms with Gasteiger partial charge in [0.05, 0.1) is 12.6 Å². The first-order valence-corrected chi connectivity index (χ1v) is 10.5. The molecule has 3 N–H and O–H groups in total. The van der Waals surface area contributed by atoms with Crippen molar-refractivity contribution >= 4 is 28.4 Å². The van der Waals surface area contributed by atoms with Gasteiger partial charge >= 0.3 is 0 Å². The van der Waals surface area contributed by atoms with Gasteiger partial charge in [-0.2, -0.15) is 5.23 Å². The van der Waals surface area contributed by atoms with Gasteiger partial charge in [0, 0.05) is 41.7 Å². The molecule has 2 aliphatic rings. The molecule has 3 unspecified atom stereocenters. The zero-order valence-electron chi connectivity index (χ0n) is 17.2. The van der Waals surface area contributed by atoms with Gasteiger partial charge in [0.1, 0.15) is 6.04 Å². The fraction of sp³-hybridized carbons (Fsp3) is 0.304. The van der Waals surface area contributed by atoms with E-state index in [4.69, 9.17) is 0 Å². The van der Waals surface area contributed by atoms with Gasteiger partial charge in [-0.25, -0.2) is 5.21 Å². The zero-order chi connectivity index (χ0) is 21.7. The van der Waals surface area contributed by atoms with E-state index in [1.807, 2.05) is 37.3 Å². The molecule has 5 rings (SSSR count). The van der Waals surface area contributed by atoms with E-state index in [0.29, 0.717) is 18.5 Å². The third-order valence-corrected chi connectivity index (χ3v) is 6.29. The largest absolute Gasteiger partial charge is 0.595 e. The Labute approximate surface area is 179 Å². The summed E-state index contributed by atoms with van der Waals surface area (Å²) in [4.78, 5) is 33.4. The number of quaternary nitrogens is 1. The van der Waals surface area contributed by atoms with E-state index in [1.54, 1.807) is 21.9 Å². The maximum atomic E-state index is 13.3. The molecule has 0 saturated carbocycles. The number of H-pyrrole nitrogens is 1. The van der Waals surface area contributed by atoms with Crippen LogP contribution >= 0.6 is 0 Å². The second-order valence-corrected chi connectivity index (χ2v) is 8.18. The van der Waals surface area contributed by atoms with Crippen LogP contribution in [-0.2, 0) is 16.0 Å². The van der Waals surface area contributed by atoms with Gasteiger partial charge in [-0.15, -0.1) is 0 Å². The van der Waals surface area contributed by atoms with E-state index in [1.165, 1.54) is 6.07 Å². The average Bonchev–Trinajstić information content (AvgIpc) is 3.14. The predicted octanol–water partition coefficient (Wildman–Crippen LogP) is 1.67. The van der Waals surface area contributed by atoms with Crippen molar-refractivity contribution < 1.29 is 20.0 Å². The van der Waals surface area contributed by atoms with Crippen molar-refractivity contribution in [2.75, 3.05) is 13.1 Å². The molecule has 1 fully saturated rings. The summed E-state index contributed by atoms with van der Waals surface area (Å²) in [5, 5.41) is 21.1. The molecule has 1 saturated heterocycles. The summed E-state index contributed by atoms with van der Waals surface area (Å²) in [5.74, 6) is -0.162. The first-order chi connectivity index (χ1) is 15.0. The number of fused-ring (bicyclic) bond motifs is 4. The van der Waals surface area contributed by atoms with E-state index in [-0.39, 0.29) is 24.0 Å². The van der Waals surface area contributed by atoms with Gasteiger partial charge < -0.3 is 20.0 Å². The Morgan fingerprint density at radius 1 is 1.19 bits per heavy atom. The Kier molecular flexibility index (Phi) is 4.77. The molecular weight excluding hydrogens is 396 g/mol. The lowest BCUT2D eigenvalue weighted by atomic mass is 9.86. The Morgan fingerprint density at radius 2 is 2.00 bits per heavy atom. The summed E-state index contributed by atoms with van der Waals surface area (Å²) in [7, 11) is 0. The quantitative estimate of drug-likeness (QED) is 0.559. The topological polar surface area (TPSA) is 104 Å². The zero-order valence-corrected chi connectivity index (χ0v) is 17.2. The fourth-order valence-corrected chi connectivity index (χ4v) is 4.97. The Bertz CT molecular complexity index is 1170. The van der Waals surface area contributed by atoms with E-state index in [0.717, 1.165) is 28.6 Å². The number of hydrogen-bond donors (Lipinski definition) is 3. The molecule has 0 radical (unpaired) electrons. The summed E-state index contributed by atoms with van der Waals surface area (Å²) >= 11 is 0. The van der Waals surface area contributed by atoms with E-state index >= 15 is 0 Å². The average molecular weight is 420 g/mol. The standard InChI is InChI=1S/C23H24N4O4/c1-2-10-25-13-20(28)26-19(23(25)29)12-17-16-8-3-4-9-18(16)24-21(17)22(26)14-6-5-7-15(11-14)27(30)31/h3-9,11,19,22,24,27,30H,2,10,12-13H2,1H3. The van der Waals surface area contributed by atoms with Crippen molar-refractivity contribution in [3.05, 3.63) is 70.6 Å². The van der Waals surface area contributed by atoms with Crippen molar-refractivity contribution in [1.82, 2.24) is 14.8 Å². The third-order valence-electron chi connectivity index (χ3n) is 6.29. The number of carbonyl (C=O) groups is 2. The van der Waals surface area contributed by atoms with Crippen molar-refractivity contribution in [3.63, 3.8) is 0 Å². The maximum absolute atomic E-state index is 13.3. The first-order valence-electron chi connectivity index (χ1n) is 10.5. The van der Waals surface area contributed by atoms with E-state index in [9.17, 15) is 20.0 Å². The van der Waals surface area contributed by atoms with Crippen LogP contribution in [0, 0.1) is 5.21 Å². The van der Waals surface area contributed by atoms with Gasteiger partial charge in [0.2, 0.25) is 11.8 Å². The Balaban J connectivity index is 1.71. The molecule has 2 aliphatic heterocycles. The summed E-state index contributed by atoms with van der Waals surface area (Å²) in [6, 6.07) is 13.4. The SMILES string of the molecule is CCCN1CC(=O)N2C(Cc3c([nH]c4ccccc34)C2c2cccc([NH+]([O-])O)c2)C1=O. The summed E-state index contributed by atoms with van der Waals surface area (Å²) in [6.45, 7) is 2.59. The lowest BCUT2D eigenvalue weighted by Crippen LogP contribution is -2.99. The van der Waals surface area contributed by atoms with Crippen LogP contribution in [0.25, 0.3) is 10.9 Å².